The van der Waals surface area contributed by atoms with E-state index in [4.69, 9.17) is 16.2 Å². The highest BCUT2D eigenvalue weighted by atomic mass is 16.5. The Morgan fingerprint density at radius 2 is 1.33 bits per heavy atom. The molecule has 2 rings (SSSR count). The van der Waals surface area contributed by atoms with Crippen molar-refractivity contribution in [2.45, 2.75) is 160 Å². The van der Waals surface area contributed by atoms with Crippen molar-refractivity contribution in [2.75, 3.05) is 13.2 Å². The molecule has 9 amide bonds. The third-order valence-electron chi connectivity index (χ3n) is 10.2. The molecule has 358 valence electrons. The van der Waals surface area contributed by atoms with Gasteiger partial charge in [-0.2, -0.15) is 0 Å². The number of carbonyl (C=O) groups excluding carboxylic acids is 10. The van der Waals surface area contributed by atoms with Gasteiger partial charge in [-0.05, 0) is 39.0 Å². The third-order valence-corrected chi connectivity index (χ3v) is 10.2. The van der Waals surface area contributed by atoms with Gasteiger partial charge in [0.25, 0.3) is 0 Å². The Morgan fingerprint density at radius 3 is 1.92 bits per heavy atom. The van der Waals surface area contributed by atoms with Crippen LogP contribution in [0, 0.1) is 5.92 Å². The van der Waals surface area contributed by atoms with Crippen LogP contribution in [0.25, 0.3) is 0 Å². The summed E-state index contributed by atoms with van der Waals surface area (Å²) in [7, 11) is 0. The minimum Gasteiger partial charge on any atom is -0.461 e. The molecule has 0 spiro atoms. The SMILES string of the molecule is CC(C)CCCCCCCCCC(=O)NC(C(=O)NCC(=O)NC(C)C(=O)NC1COC(=O)C(CCC(N)=O)NC(=O)C(CCC(N)=O)NC(=O)C(Cc2cnc[nH]2)NC1=O)C(C)O. The molecule has 0 bridgehead atoms. The molecule has 1 saturated heterocycles. The lowest BCUT2D eigenvalue weighted by Gasteiger charge is -2.25. The molecule has 1 aromatic heterocycles. The van der Waals surface area contributed by atoms with Gasteiger partial charge >= 0.3 is 5.97 Å². The number of aliphatic hydroxyl groups is 1. The van der Waals surface area contributed by atoms with Gasteiger partial charge in [0.2, 0.25) is 53.2 Å². The fourth-order valence-electron chi connectivity index (χ4n) is 6.49. The number of imidazole rings is 1. The lowest BCUT2D eigenvalue weighted by molar-refractivity contribution is -0.150. The number of aromatic nitrogens is 2. The van der Waals surface area contributed by atoms with Gasteiger partial charge in [0.15, 0.2) is 0 Å². The lowest BCUT2D eigenvalue weighted by atomic mass is 10.0. The average molecular weight is 906 g/mol. The standard InChI is InChI=1S/C41H67N11O12/c1-23(2)12-10-8-6-5-7-9-11-13-33(56)52-35(25(4)53)40(62)45-20-34(57)47-24(3)36(58)51-30-21-64-41(63)28(15-17-32(43)55)49-37(59)27(14-16-31(42)54)48-38(60)29(50-39(30)61)18-26-19-44-22-46-26/h19,22-25,27-30,35,53H,5-18,20-21H2,1-4H3,(H2,42,54)(H2,43,55)(H,44,46)(H,45,62)(H,47,57)(H,48,60)(H,49,59)(H,50,61)(H,51,58)(H,52,56). The van der Waals surface area contributed by atoms with Crippen molar-refractivity contribution in [3.05, 3.63) is 18.2 Å². The van der Waals surface area contributed by atoms with Crippen molar-refractivity contribution < 1.29 is 57.8 Å². The number of ether oxygens (including phenoxy) is 1. The van der Waals surface area contributed by atoms with Gasteiger partial charge in [-0.1, -0.05) is 58.8 Å². The Morgan fingerprint density at radius 1 is 0.750 bits per heavy atom. The number of unbranched alkanes of at least 4 members (excludes halogenated alkanes) is 6. The van der Waals surface area contributed by atoms with Crippen LogP contribution in [-0.2, 0) is 59.1 Å². The van der Waals surface area contributed by atoms with Crippen LogP contribution in [0.1, 0.15) is 117 Å². The normalized spacial score (nSPS) is 19.7. The Bertz CT molecular complexity index is 1740. The molecule has 7 unspecified atom stereocenters. The molecule has 0 saturated carbocycles. The molecular formula is C41H67N11O12. The monoisotopic (exact) mass is 905 g/mol. The van der Waals surface area contributed by atoms with Gasteiger partial charge < -0.3 is 63.5 Å². The van der Waals surface area contributed by atoms with Crippen LogP contribution in [0.3, 0.4) is 0 Å². The number of nitrogens with one attached hydrogen (secondary N) is 8. The van der Waals surface area contributed by atoms with Crippen LogP contribution in [-0.4, -0.2) is 130 Å². The Kier molecular flexibility index (Phi) is 24.1. The molecule has 0 aromatic carbocycles. The minimum atomic E-state index is -1.71. The first-order valence-electron chi connectivity index (χ1n) is 21.7. The minimum absolute atomic E-state index is 0.151. The number of amides is 9. The largest absolute Gasteiger partial charge is 0.461 e. The molecule has 1 aliphatic heterocycles. The van der Waals surface area contributed by atoms with Crippen LogP contribution in [0.4, 0.5) is 0 Å². The van der Waals surface area contributed by atoms with E-state index < -0.39 is 121 Å². The van der Waals surface area contributed by atoms with Crippen LogP contribution >= 0.6 is 0 Å². The van der Waals surface area contributed by atoms with E-state index in [1.807, 2.05) is 0 Å². The quantitative estimate of drug-likeness (QED) is 0.0343. The van der Waals surface area contributed by atoms with Crippen LogP contribution in [0.5, 0.6) is 0 Å². The van der Waals surface area contributed by atoms with Gasteiger partial charge in [-0.3, -0.25) is 43.2 Å². The number of nitrogens with zero attached hydrogens (tertiary/aromatic N) is 1. The summed E-state index contributed by atoms with van der Waals surface area (Å²) in [6.07, 6.45) is 8.15. The highest BCUT2D eigenvalue weighted by Crippen LogP contribution is 2.13. The summed E-state index contributed by atoms with van der Waals surface area (Å²) >= 11 is 0. The molecule has 1 aliphatic rings. The zero-order chi connectivity index (χ0) is 47.8. The predicted octanol–water partition coefficient (Wildman–Crippen LogP) is -2.37. The molecule has 0 aliphatic carbocycles. The van der Waals surface area contributed by atoms with E-state index in [1.54, 1.807) is 0 Å². The van der Waals surface area contributed by atoms with Crippen molar-refractivity contribution in [1.29, 1.82) is 0 Å². The Balaban J connectivity index is 2.10. The number of H-pyrrole nitrogens is 1. The van der Waals surface area contributed by atoms with E-state index in [9.17, 15) is 53.1 Å². The van der Waals surface area contributed by atoms with Gasteiger partial charge in [0, 0.05) is 37.6 Å². The molecule has 2 heterocycles. The number of carbonyl (C=O) groups is 10. The Hall–Kier alpha value is -6.13. The van der Waals surface area contributed by atoms with Crippen molar-refractivity contribution in [3.8, 4) is 0 Å². The van der Waals surface area contributed by atoms with E-state index in [1.165, 1.54) is 45.6 Å². The first kappa shape index (κ1) is 54.0. The molecule has 23 heteroatoms. The van der Waals surface area contributed by atoms with E-state index in [0.29, 0.717) is 18.0 Å². The number of primary amides is 2. The van der Waals surface area contributed by atoms with Crippen LogP contribution < -0.4 is 48.7 Å². The second kappa shape index (κ2) is 28.5. The molecule has 1 fully saturated rings. The van der Waals surface area contributed by atoms with Crippen molar-refractivity contribution in [1.82, 2.24) is 47.2 Å². The van der Waals surface area contributed by atoms with Crippen LogP contribution in [0.15, 0.2) is 12.5 Å². The van der Waals surface area contributed by atoms with Gasteiger partial charge in [0.05, 0.1) is 19.0 Å². The summed E-state index contributed by atoms with van der Waals surface area (Å²) < 4.78 is 5.32. The number of esters is 1. The number of nitrogens with two attached hydrogens (primary N) is 2. The van der Waals surface area contributed by atoms with Crippen molar-refractivity contribution in [2.24, 2.45) is 17.4 Å². The average Bonchev–Trinajstić information content (AvgIpc) is 3.74. The first-order chi connectivity index (χ1) is 30.3. The summed E-state index contributed by atoms with van der Waals surface area (Å²) in [5, 5.41) is 27.0. The highest BCUT2D eigenvalue weighted by molar-refractivity contribution is 5.97. The number of cyclic esters (lactones) is 1. The summed E-state index contributed by atoms with van der Waals surface area (Å²) in [4.78, 5) is 136. The van der Waals surface area contributed by atoms with Gasteiger partial charge in [-0.25, -0.2) is 9.78 Å². The number of hydrogen-bond acceptors (Lipinski definition) is 13. The lowest BCUT2D eigenvalue weighted by Crippen LogP contribution is -2.59. The molecule has 0 radical (unpaired) electrons. The van der Waals surface area contributed by atoms with Gasteiger partial charge in [-0.15, -0.1) is 0 Å². The number of rotatable bonds is 26. The van der Waals surface area contributed by atoms with E-state index in [-0.39, 0.29) is 32.1 Å². The highest BCUT2D eigenvalue weighted by Gasteiger charge is 2.35. The van der Waals surface area contributed by atoms with Crippen LogP contribution in [0.2, 0.25) is 0 Å². The number of aromatic amines is 1. The van der Waals surface area contributed by atoms with Crippen molar-refractivity contribution >= 4 is 59.1 Å². The van der Waals surface area contributed by atoms with E-state index >= 15 is 0 Å². The zero-order valence-corrected chi connectivity index (χ0v) is 37.1. The molecule has 64 heavy (non-hydrogen) atoms. The third kappa shape index (κ3) is 21.3. The summed E-state index contributed by atoms with van der Waals surface area (Å²) in [5.74, 6) is -8.08. The predicted molar refractivity (Wildman–Crippen MR) is 228 cm³/mol. The number of hydrogen-bond donors (Lipinski definition) is 11. The summed E-state index contributed by atoms with van der Waals surface area (Å²) in [6, 6.07) is -8.87. The fourth-order valence-corrected chi connectivity index (χ4v) is 6.49. The maximum absolute atomic E-state index is 13.8. The summed E-state index contributed by atoms with van der Waals surface area (Å²) in [6.45, 7) is 5.44. The maximum atomic E-state index is 13.8. The first-order valence-corrected chi connectivity index (χ1v) is 21.7. The van der Waals surface area contributed by atoms with E-state index in [0.717, 1.165) is 25.7 Å². The smallest absolute Gasteiger partial charge is 0.328 e. The second-order valence-electron chi connectivity index (χ2n) is 16.4. The molecule has 13 N–H and O–H groups in total. The van der Waals surface area contributed by atoms with E-state index in [2.05, 4.69) is 61.0 Å². The molecular weight excluding hydrogens is 839 g/mol. The Labute approximate surface area is 372 Å². The second-order valence-corrected chi connectivity index (χ2v) is 16.4. The fraction of sp³-hybridized carbons (Fsp3) is 0.683. The maximum Gasteiger partial charge on any atom is 0.328 e. The summed E-state index contributed by atoms with van der Waals surface area (Å²) in [5.41, 5.74) is 10.9. The van der Waals surface area contributed by atoms with Gasteiger partial charge in [0.1, 0.15) is 42.9 Å². The van der Waals surface area contributed by atoms with Crippen molar-refractivity contribution in [3.63, 3.8) is 0 Å². The molecule has 7 atom stereocenters. The molecule has 1 aromatic rings. The number of aliphatic hydroxyl groups excluding tert-OH is 1. The molecule has 23 nitrogen and oxygen atoms in total. The topological polar surface area (TPSA) is 365 Å². The zero-order valence-electron chi connectivity index (χ0n) is 37.1.